The number of methoxy groups -OCH3 is 1. The Bertz CT molecular complexity index is 818. The standard InChI is InChI=1S/C18H25N3O5S/c1-26-14-5-3-13(4-6-14)18(8-9-18)17(23)19-10-12-21-11-7-15(16(21)22)20-27(2,24)25/h3-6,15,20H,7-12H2,1-2H3,(H,19,23). The van der Waals surface area contributed by atoms with E-state index in [2.05, 4.69) is 10.0 Å². The van der Waals surface area contributed by atoms with Crippen molar-refractivity contribution in [1.29, 1.82) is 0 Å². The number of nitrogens with zero attached hydrogens (tertiary/aromatic N) is 1. The summed E-state index contributed by atoms with van der Waals surface area (Å²) in [7, 11) is -1.82. The van der Waals surface area contributed by atoms with Gasteiger partial charge in [0, 0.05) is 19.6 Å². The fourth-order valence-corrected chi connectivity index (χ4v) is 4.22. The first-order valence-electron chi connectivity index (χ1n) is 8.94. The van der Waals surface area contributed by atoms with Gasteiger partial charge in [-0.15, -0.1) is 0 Å². The van der Waals surface area contributed by atoms with Crippen LogP contribution in [0, 0.1) is 0 Å². The Labute approximate surface area is 159 Å². The predicted octanol–water partition coefficient (Wildman–Crippen LogP) is -0.00690. The molecule has 8 nitrogen and oxygen atoms in total. The molecule has 1 aromatic rings. The molecule has 1 unspecified atom stereocenters. The molecule has 1 aromatic carbocycles. The lowest BCUT2D eigenvalue weighted by atomic mass is 9.95. The monoisotopic (exact) mass is 395 g/mol. The molecule has 2 amide bonds. The highest BCUT2D eigenvalue weighted by atomic mass is 32.2. The van der Waals surface area contributed by atoms with Crippen LogP contribution in [0.4, 0.5) is 0 Å². The molecule has 1 saturated carbocycles. The Kier molecular flexibility index (Phi) is 5.43. The topological polar surface area (TPSA) is 105 Å². The van der Waals surface area contributed by atoms with Crippen LogP contribution in [-0.4, -0.2) is 64.2 Å². The molecule has 1 heterocycles. The number of ether oxygens (including phenoxy) is 1. The van der Waals surface area contributed by atoms with Gasteiger partial charge < -0.3 is 15.0 Å². The first-order chi connectivity index (χ1) is 12.7. The van der Waals surface area contributed by atoms with Crippen molar-refractivity contribution in [3.05, 3.63) is 29.8 Å². The van der Waals surface area contributed by atoms with Crippen molar-refractivity contribution in [2.24, 2.45) is 0 Å². The van der Waals surface area contributed by atoms with Crippen molar-refractivity contribution < 1.29 is 22.7 Å². The fourth-order valence-electron chi connectivity index (χ4n) is 3.48. The maximum absolute atomic E-state index is 12.7. The Morgan fingerprint density at radius 3 is 2.52 bits per heavy atom. The first-order valence-corrected chi connectivity index (χ1v) is 10.8. The quantitative estimate of drug-likeness (QED) is 0.644. The number of carbonyl (C=O) groups is 2. The molecule has 2 aliphatic rings. The maximum atomic E-state index is 12.7. The van der Waals surface area contributed by atoms with E-state index in [0.717, 1.165) is 30.4 Å². The molecule has 0 spiro atoms. The Hall–Kier alpha value is -2.13. The summed E-state index contributed by atoms with van der Waals surface area (Å²) >= 11 is 0. The molecule has 1 aliphatic heterocycles. The molecule has 9 heteroatoms. The predicted molar refractivity (Wildman–Crippen MR) is 99.9 cm³/mol. The van der Waals surface area contributed by atoms with Crippen molar-refractivity contribution in [2.75, 3.05) is 33.0 Å². The number of amides is 2. The second kappa shape index (κ2) is 7.47. The van der Waals surface area contributed by atoms with Gasteiger partial charge in [0.25, 0.3) is 0 Å². The van der Waals surface area contributed by atoms with E-state index in [1.165, 1.54) is 0 Å². The van der Waals surface area contributed by atoms with Gasteiger partial charge >= 0.3 is 0 Å². The summed E-state index contributed by atoms with van der Waals surface area (Å²) in [5.41, 5.74) is 0.484. The maximum Gasteiger partial charge on any atom is 0.240 e. The minimum atomic E-state index is -3.42. The van der Waals surface area contributed by atoms with Crippen molar-refractivity contribution in [3.8, 4) is 5.75 Å². The Morgan fingerprint density at radius 1 is 1.30 bits per heavy atom. The molecule has 2 N–H and O–H groups in total. The molecule has 27 heavy (non-hydrogen) atoms. The molecule has 3 rings (SSSR count). The largest absolute Gasteiger partial charge is 0.497 e. The number of likely N-dealkylation sites (tertiary alicyclic amines) is 1. The second-order valence-electron chi connectivity index (χ2n) is 7.12. The summed E-state index contributed by atoms with van der Waals surface area (Å²) in [5, 5.41) is 2.92. The molecule has 1 aliphatic carbocycles. The fraction of sp³-hybridized carbons (Fsp3) is 0.556. The van der Waals surface area contributed by atoms with Gasteiger partial charge in [0.1, 0.15) is 11.8 Å². The normalized spacial score (nSPS) is 21.2. The number of hydrogen-bond donors (Lipinski definition) is 2. The molecular weight excluding hydrogens is 370 g/mol. The molecule has 148 valence electrons. The highest BCUT2D eigenvalue weighted by Crippen LogP contribution is 2.48. The molecule has 0 aromatic heterocycles. The summed E-state index contributed by atoms with van der Waals surface area (Å²) in [5.74, 6) is 0.468. The van der Waals surface area contributed by atoms with E-state index in [-0.39, 0.29) is 11.8 Å². The number of rotatable bonds is 8. The van der Waals surface area contributed by atoms with Gasteiger partial charge in [0.05, 0.1) is 18.8 Å². The Balaban J connectivity index is 1.50. The summed E-state index contributed by atoms with van der Waals surface area (Å²) in [4.78, 5) is 26.5. The van der Waals surface area contributed by atoms with Crippen LogP contribution in [0.3, 0.4) is 0 Å². The third kappa shape index (κ3) is 4.41. The molecule has 0 bridgehead atoms. The number of nitrogens with one attached hydrogen (secondary N) is 2. The van der Waals surface area contributed by atoms with Crippen LogP contribution < -0.4 is 14.8 Å². The zero-order valence-electron chi connectivity index (χ0n) is 15.5. The minimum Gasteiger partial charge on any atom is -0.497 e. The average Bonchev–Trinajstić information content (AvgIpc) is 3.37. The zero-order chi connectivity index (χ0) is 19.7. The van der Waals surface area contributed by atoms with Crippen LogP contribution >= 0.6 is 0 Å². The van der Waals surface area contributed by atoms with Gasteiger partial charge in [-0.25, -0.2) is 13.1 Å². The third-order valence-corrected chi connectivity index (χ3v) is 5.86. The van der Waals surface area contributed by atoms with Crippen molar-refractivity contribution >= 4 is 21.8 Å². The van der Waals surface area contributed by atoms with Gasteiger partial charge in [-0.3, -0.25) is 9.59 Å². The lowest BCUT2D eigenvalue weighted by Crippen LogP contribution is -2.44. The van der Waals surface area contributed by atoms with E-state index in [0.29, 0.717) is 26.1 Å². The van der Waals surface area contributed by atoms with E-state index in [1.807, 2.05) is 24.3 Å². The lowest BCUT2D eigenvalue weighted by Gasteiger charge is -2.20. The first kappa shape index (κ1) is 19.6. The van der Waals surface area contributed by atoms with Crippen LogP contribution in [0.2, 0.25) is 0 Å². The van der Waals surface area contributed by atoms with E-state index >= 15 is 0 Å². The average molecular weight is 395 g/mol. The number of benzene rings is 1. The van der Waals surface area contributed by atoms with Crippen LogP contribution in [0.25, 0.3) is 0 Å². The third-order valence-electron chi connectivity index (χ3n) is 5.15. The number of sulfonamides is 1. The molecular formula is C18H25N3O5S. The molecule has 0 radical (unpaired) electrons. The van der Waals surface area contributed by atoms with E-state index in [4.69, 9.17) is 4.74 Å². The van der Waals surface area contributed by atoms with Crippen molar-refractivity contribution in [2.45, 2.75) is 30.7 Å². The van der Waals surface area contributed by atoms with Crippen LogP contribution in [0.5, 0.6) is 5.75 Å². The van der Waals surface area contributed by atoms with E-state index in [1.54, 1.807) is 12.0 Å². The van der Waals surface area contributed by atoms with Crippen molar-refractivity contribution in [1.82, 2.24) is 14.9 Å². The summed E-state index contributed by atoms with van der Waals surface area (Å²) in [6, 6.07) is 6.82. The SMILES string of the molecule is COc1ccc(C2(C(=O)NCCN3CCC(NS(C)(=O)=O)C3=O)CC2)cc1. The molecule has 1 atom stereocenters. The summed E-state index contributed by atoms with van der Waals surface area (Å²) in [6.07, 6.45) is 3.08. The van der Waals surface area contributed by atoms with E-state index in [9.17, 15) is 18.0 Å². The summed E-state index contributed by atoms with van der Waals surface area (Å²) < 4.78 is 30.1. The second-order valence-corrected chi connectivity index (χ2v) is 8.90. The van der Waals surface area contributed by atoms with Gasteiger partial charge in [0.2, 0.25) is 21.8 Å². The van der Waals surface area contributed by atoms with Crippen LogP contribution in [-0.2, 0) is 25.0 Å². The van der Waals surface area contributed by atoms with Crippen molar-refractivity contribution in [3.63, 3.8) is 0 Å². The summed E-state index contributed by atoms with van der Waals surface area (Å²) in [6.45, 7) is 1.19. The van der Waals surface area contributed by atoms with Gasteiger partial charge in [-0.05, 0) is 37.0 Å². The smallest absolute Gasteiger partial charge is 0.240 e. The van der Waals surface area contributed by atoms with Gasteiger partial charge in [-0.1, -0.05) is 12.1 Å². The number of hydrogen-bond acceptors (Lipinski definition) is 5. The van der Waals surface area contributed by atoms with Crippen LogP contribution in [0.1, 0.15) is 24.8 Å². The highest BCUT2D eigenvalue weighted by molar-refractivity contribution is 7.88. The highest BCUT2D eigenvalue weighted by Gasteiger charge is 2.51. The number of carbonyl (C=O) groups excluding carboxylic acids is 2. The molecule has 1 saturated heterocycles. The van der Waals surface area contributed by atoms with E-state index < -0.39 is 21.5 Å². The minimum absolute atomic E-state index is 0.0369. The zero-order valence-corrected chi connectivity index (χ0v) is 16.3. The van der Waals surface area contributed by atoms with Gasteiger partial charge in [-0.2, -0.15) is 0 Å². The molecule has 2 fully saturated rings. The lowest BCUT2D eigenvalue weighted by molar-refractivity contribution is -0.129. The van der Waals surface area contributed by atoms with Gasteiger partial charge in [0.15, 0.2) is 0 Å². The Morgan fingerprint density at radius 2 is 1.96 bits per heavy atom. The van der Waals surface area contributed by atoms with Crippen LogP contribution in [0.15, 0.2) is 24.3 Å².